The Kier molecular flexibility index (Phi) is 5.96. The molecule has 1 aromatic carbocycles. The number of benzene rings is 1. The fourth-order valence-electron chi connectivity index (χ4n) is 1.99. The molecule has 1 amide bonds. The number of amides is 1. The van der Waals surface area contributed by atoms with Crippen molar-refractivity contribution in [2.75, 3.05) is 11.1 Å². The maximum Gasteiger partial charge on any atom is 0.250 e. The number of nitrogens with two attached hydrogens (primary N) is 2. The van der Waals surface area contributed by atoms with E-state index in [1.807, 2.05) is 0 Å². The maximum atomic E-state index is 11.4. The standard InChI is InChI=1S/C14H22ClN3O/c1-3-4-5-6-9(2)18-13-11(14(17)19)7-10(16)8-12(13)15/h7-9,18H,3-6,16H2,1-2H3,(H2,17,19). The third-order valence-electron chi connectivity index (χ3n) is 3.01. The number of hydrogen-bond donors (Lipinski definition) is 3. The number of primary amides is 1. The highest BCUT2D eigenvalue weighted by atomic mass is 35.5. The minimum Gasteiger partial charge on any atom is -0.399 e. The average Bonchev–Trinajstić information content (AvgIpc) is 2.32. The molecule has 0 radical (unpaired) electrons. The van der Waals surface area contributed by atoms with E-state index in [0.717, 1.165) is 12.8 Å². The lowest BCUT2D eigenvalue weighted by Gasteiger charge is -2.18. The van der Waals surface area contributed by atoms with Crippen LogP contribution in [0.1, 0.15) is 49.9 Å². The van der Waals surface area contributed by atoms with Crippen molar-refractivity contribution < 1.29 is 4.79 Å². The van der Waals surface area contributed by atoms with Gasteiger partial charge in [-0.15, -0.1) is 0 Å². The van der Waals surface area contributed by atoms with Gasteiger partial charge in [0.2, 0.25) is 0 Å². The van der Waals surface area contributed by atoms with Gasteiger partial charge in [0.1, 0.15) is 0 Å². The van der Waals surface area contributed by atoms with Gasteiger partial charge in [-0.1, -0.05) is 37.8 Å². The molecule has 0 aliphatic heterocycles. The van der Waals surface area contributed by atoms with Crippen LogP contribution < -0.4 is 16.8 Å². The smallest absolute Gasteiger partial charge is 0.250 e. The highest BCUT2D eigenvalue weighted by molar-refractivity contribution is 6.34. The lowest BCUT2D eigenvalue weighted by molar-refractivity contribution is 0.100. The van der Waals surface area contributed by atoms with E-state index in [-0.39, 0.29) is 6.04 Å². The monoisotopic (exact) mass is 283 g/mol. The zero-order valence-corrected chi connectivity index (χ0v) is 12.3. The third kappa shape index (κ3) is 4.63. The third-order valence-corrected chi connectivity index (χ3v) is 3.31. The van der Waals surface area contributed by atoms with Gasteiger partial charge in [-0.25, -0.2) is 0 Å². The highest BCUT2D eigenvalue weighted by Gasteiger charge is 2.15. The summed E-state index contributed by atoms with van der Waals surface area (Å²) in [4.78, 5) is 11.4. The van der Waals surface area contributed by atoms with Crippen molar-refractivity contribution in [1.82, 2.24) is 0 Å². The fraction of sp³-hybridized carbons (Fsp3) is 0.500. The van der Waals surface area contributed by atoms with E-state index < -0.39 is 5.91 Å². The minimum atomic E-state index is -0.530. The number of nitrogens with one attached hydrogen (secondary N) is 1. The molecule has 0 aliphatic rings. The summed E-state index contributed by atoms with van der Waals surface area (Å²) in [6.45, 7) is 4.23. The molecule has 0 spiro atoms. The summed E-state index contributed by atoms with van der Waals surface area (Å²) in [5.41, 5.74) is 12.4. The van der Waals surface area contributed by atoms with E-state index in [9.17, 15) is 4.79 Å². The second kappa shape index (κ2) is 7.24. The molecular formula is C14H22ClN3O. The van der Waals surface area contributed by atoms with Crippen molar-refractivity contribution in [3.8, 4) is 0 Å². The van der Waals surface area contributed by atoms with Crippen molar-refractivity contribution in [2.45, 2.75) is 45.6 Å². The first kappa shape index (κ1) is 15.6. The van der Waals surface area contributed by atoms with Crippen molar-refractivity contribution >= 4 is 28.9 Å². The molecule has 106 valence electrons. The molecule has 5 N–H and O–H groups in total. The number of carbonyl (C=O) groups excluding carboxylic acids is 1. The zero-order chi connectivity index (χ0) is 14.4. The molecular weight excluding hydrogens is 262 g/mol. The first-order valence-corrected chi connectivity index (χ1v) is 6.98. The zero-order valence-electron chi connectivity index (χ0n) is 11.5. The van der Waals surface area contributed by atoms with Crippen LogP contribution in [0.5, 0.6) is 0 Å². The highest BCUT2D eigenvalue weighted by Crippen LogP contribution is 2.30. The number of carbonyl (C=O) groups is 1. The Hall–Kier alpha value is -1.42. The van der Waals surface area contributed by atoms with Gasteiger partial charge in [0.25, 0.3) is 5.91 Å². The first-order chi connectivity index (χ1) is 8.95. The number of halogens is 1. The SMILES string of the molecule is CCCCCC(C)Nc1c(Cl)cc(N)cc1C(N)=O. The van der Waals surface area contributed by atoms with Crippen LogP contribution >= 0.6 is 11.6 Å². The second-order valence-corrected chi connectivity index (χ2v) is 5.24. The quantitative estimate of drug-likeness (QED) is 0.530. The molecule has 0 aromatic heterocycles. The molecule has 1 atom stereocenters. The number of rotatable bonds is 7. The van der Waals surface area contributed by atoms with Gasteiger partial charge >= 0.3 is 0 Å². The van der Waals surface area contributed by atoms with E-state index in [1.165, 1.54) is 12.8 Å². The lowest BCUT2D eigenvalue weighted by atomic mass is 10.1. The average molecular weight is 284 g/mol. The van der Waals surface area contributed by atoms with Gasteiger partial charge in [-0.05, 0) is 25.5 Å². The molecule has 1 rings (SSSR count). The lowest BCUT2D eigenvalue weighted by Crippen LogP contribution is -2.20. The molecule has 4 nitrogen and oxygen atoms in total. The Bertz CT molecular complexity index is 449. The van der Waals surface area contributed by atoms with E-state index in [2.05, 4.69) is 19.2 Å². The number of anilines is 2. The summed E-state index contributed by atoms with van der Waals surface area (Å²) in [5.74, 6) is -0.530. The molecule has 0 fully saturated rings. The van der Waals surface area contributed by atoms with Gasteiger partial charge in [0, 0.05) is 11.7 Å². The molecule has 0 aliphatic carbocycles. The summed E-state index contributed by atoms with van der Waals surface area (Å²) >= 11 is 6.13. The predicted octanol–water partition coefficient (Wildman–Crippen LogP) is 3.40. The van der Waals surface area contributed by atoms with Gasteiger partial charge < -0.3 is 16.8 Å². The molecule has 5 heteroatoms. The summed E-state index contributed by atoms with van der Waals surface area (Å²) in [6, 6.07) is 3.40. The summed E-state index contributed by atoms with van der Waals surface area (Å²) < 4.78 is 0. The fourth-order valence-corrected chi connectivity index (χ4v) is 2.27. The predicted molar refractivity (Wildman–Crippen MR) is 81.6 cm³/mol. The van der Waals surface area contributed by atoms with Crippen molar-refractivity contribution in [1.29, 1.82) is 0 Å². The van der Waals surface area contributed by atoms with Crippen molar-refractivity contribution in [3.05, 3.63) is 22.7 Å². The number of unbranched alkanes of at least 4 members (excludes halogenated alkanes) is 2. The molecule has 0 heterocycles. The second-order valence-electron chi connectivity index (χ2n) is 4.83. The van der Waals surface area contributed by atoms with Crippen LogP contribution in [0.2, 0.25) is 5.02 Å². The van der Waals surface area contributed by atoms with Gasteiger partial charge in [0.05, 0.1) is 16.3 Å². The topological polar surface area (TPSA) is 81.1 Å². The van der Waals surface area contributed by atoms with Gasteiger partial charge in [0.15, 0.2) is 0 Å². The Morgan fingerprint density at radius 2 is 2.11 bits per heavy atom. The van der Waals surface area contributed by atoms with Crippen LogP contribution in [0, 0.1) is 0 Å². The largest absolute Gasteiger partial charge is 0.399 e. The first-order valence-electron chi connectivity index (χ1n) is 6.61. The summed E-state index contributed by atoms with van der Waals surface area (Å²) in [6.07, 6.45) is 4.54. The van der Waals surface area contributed by atoms with Crippen molar-refractivity contribution in [2.24, 2.45) is 5.73 Å². The molecule has 1 aromatic rings. The molecule has 0 bridgehead atoms. The molecule has 0 saturated heterocycles. The minimum absolute atomic E-state index is 0.228. The van der Waals surface area contributed by atoms with Gasteiger partial charge in [-0.3, -0.25) is 4.79 Å². The number of nitrogen functional groups attached to an aromatic ring is 1. The van der Waals surface area contributed by atoms with Gasteiger partial charge in [-0.2, -0.15) is 0 Å². The van der Waals surface area contributed by atoms with Crippen LogP contribution in [-0.4, -0.2) is 11.9 Å². The van der Waals surface area contributed by atoms with Crippen LogP contribution in [0.25, 0.3) is 0 Å². The molecule has 1 unspecified atom stereocenters. The Morgan fingerprint density at radius 1 is 1.42 bits per heavy atom. The van der Waals surface area contributed by atoms with Crippen LogP contribution in [0.15, 0.2) is 12.1 Å². The normalized spacial score (nSPS) is 12.2. The van der Waals surface area contributed by atoms with Crippen LogP contribution in [-0.2, 0) is 0 Å². The van der Waals surface area contributed by atoms with E-state index in [4.69, 9.17) is 23.1 Å². The van der Waals surface area contributed by atoms with E-state index in [1.54, 1.807) is 12.1 Å². The van der Waals surface area contributed by atoms with Crippen LogP contribution in [0.3, 0.4) is 0 Å². The van der Waals surface area contributed by atoms with Crippen LogP contribution in [0.4, 0.5) is 11.4 Å². The molecule has 19 heavy (non-hydrogen) atoms. The van der Waals surface area contributed by atoms with E-state index >= 15 is 0 Å². The Labute approximate surface area is 119 Å². The summed E-state index contributed by atoms with van der Waals surface area (Å²) in [5, 5.41) is 3.68. The molecule has 0 saturated carbocycles. The Morgan fingerprint density at radius 3 is 2.68 bits per heavy atom. The summed E-state index contributed by atoms with van der Waals surface area (Å²) in [7, 11) is 0. The van der Waals surface area contributed by atoms with Crippen molar-refractivity contribution in [3.63, 3.8) is 0 Å². The maximum absolute atomic E-state index is 11.4. The van der Waals surface area contributed by atoms with E-state index in [0.29, 0.717) is 22.0 Å². The number of hydrogen-bond acceptors (Lipinski definition) is 3. The Balaban J connectivity index is 2.84.